The molecule has 0 aromatic heterocycles. The molecule has 0 atom stereocenters. The van der Waals surface area contributed by atoms with Gasteiger partial charge in [0.1, 0.15) is 0 Å². The average Bonchev–Trinajstić information content (AvgIpc) is 2.88. The standard InChI is InChI=1S/C38H51.Y/c1-20-14-16-33(17-15-20)36-29(10)31(12)38(32(13)30(36)11)37-27(8)25(6)35(26(7)28(37)9)19-34-23(4)21(2)18-22(3)24(34)5;/h20,33H,14-17,19H2,1-13H3;/q-1;. The number of aryl methyl sites for hydroxylation is 2. The quantitative estimate of drug-likeness (QED) is 0.263. The maximum Gasteiger partial charge on any atom is 0 e. The molecule has 0 amide bonds. The van der Waals surface area contributed by atoms with Crippen LogP contribution in [0.25, 0.3) is 11.1 Å². The maximum absolute atomic E-state index is 3.57. The van der Waals surface area contributed by atoms with Crippen molar-refractivity contribution in [2.45, 2.75) is 128 Å². The summed E-state index contributed by atoms with van der Waals surface area (Å²) in [6.07, 6.45) is 6.45. The molecule has 0 nitrogen and oxygen atoms in total. The van der Waals surface area contributed by atoms with Crippen LogP contribution in [0.3, 0.4) is 0 Å². The molecule has 1 fully saturated rings. The minimum absolute atomic E-state index is 0. The van der Waals surface area contributed by atoms with Crippen molar-refractivity contribution in [1.29, 1.82) is 0 Å². The van der Waals surface area contributed by atoms with Crippen molar-refractivity contribution in [2.24, 2.45) is 5.92 Å². The third kappa shape index (κ3) is 5.64. The third-order valence-electron chi connectivity index (χ3n) is 10.9. The van der Waals surface area contributed by atoms with Crippen LogP contribution in [0, 0.1) is 95.1 Å². The molecule has 0 N–H and O–H groups in total. The van der Waals surface area contributed by atoms with Gasteiger partial charge in [0.05, 0.1) is 0 Å². The van der Waals surface area contributed by atoms with E-state index in [1.807, 2.05) is 0 Å². The van der Waals surface area contributed by atoms with Crippen LogP contribution < -0.4 is 0 Å². The van der Waals surface area contributed by atoms with Crippen molar-refractivity contribution in [1.82, 2.24) is 0 Å². The monoisotopic (exact) mass is 596 g/mol. The van der Waals surface area contributed by atoms with E-state index in [1.54, 1.807) is 16.7 Å². The first kappa shape index (κ1) is 32.3. The summed E-state index contributed by atoms with van der Waals surface area (Å²) in [5, 5.41) is 0. The molecule has 1 radical (unpaired) electrons. The Hall–Kier alpha value is -1.24. The van der Waals surface area contributed by atoms with Gasteiger partial charge in [0.25, 0.3) is 0 Å². The summed E-state index contributed by atoms with van der Waals surface area (Å²) >= 11 is 0. The largest absolute Gasteiger partial charge is 0.177 e. The van der Waals surface area contributed by atoms with Gasteiger partial charge in [-0.05, 0) is 153 Å². The molecular formula is C38H51Y-. The van der Waals surface area contributed by atoms with Crippen molar-refractivity contribution in [3.8, 4) is 11.1 Å². The second-order valence-corrected chi connectivity index (χ2v) is 12.9. The molecule has 39 heavy (non-hydrogen) atoms. The van der Waals surface area contributed by atoms with Crippen LogP contribution in [0.5, 0.6) is 0 Å². The van der Waals surface area contributed by atoms with Crippen LogP contribution in [0.1, 0.15) is 122 Å². The minimum atomic E-state index is 0. The summed E-state index contributed by atoms with van der Waals surface area (Å²) in [6, 6.07) is 3.57. The molecule has 1 saturated carbocycles. The maximum atomic E-state index is 3.57. The van der Waals surface area contributed by atoms with E-state index in [-0.39, 0.29) is 32.7 Å². The van der Waals surface area contributed by atoms with E-state index in [2.05, 4.69) is 96.1 Å². The summed E-state index contributed by atoms with van der Waals surface area (Å²) < 4.78 is 0. The van der Waals surface area contributed by atoms with Crippen LogP contribution in [0.15, 0.2) is 0 Å². The fraction of sp³-hybridized carbons (Fsp3) is 0.526. The van der Waals surface area contributed by atoms with Gasteiger partial charge in [-0.2, -0.15) is 28.3 Å². The normalized spacial score (nSPS) is 17.4. The van der Waals surface area contributed by atoms with E-state index in [1.165, 1.54) is 104 Å². The van der Waals surface area contributed by atoms with Gasteiger partial charge in [-0.1, -0.05) is 47.5 Å². The van der Waals surface area contributed by atoms with Crippen molar-refractivity contribution in [2.75, 3.05) is 0 Å². The summed E-state index contributed by atoms with van der Waals surface area (Å²) in [6.45, 7) is 30.4. The average molecular weight is 597 g/mol. The van der Waals surface area contributed by atoms with Gasteiger partial charge in [0.2, 0.25) is 0 Å². The van der Waals surface area contributed by atoms with Crippen LogP contribution in [0.2, 0.25) is 0 Å². The number of benzene rings is 3. The Morgan fingerprint density at radius 2 is 0.846 bits per heavy atom. The number of hydrogen-bond donors (Lipinski definition) is 0. The summed E-state index contributed by atoms with van der Waals surface area (Å²) in [4.78, 5) is 0. The fourth-order valence-electron chi connectivity index (χ4n) is 7.55. The third-order valence-corrected chi connectivity index (χ3v) is 10.9. The van der Waals surface area contributed by atoms with Crippen molar-refractivity contribution < 1.29 is 32.7 Å². The molecule has 0 spiro atoms. The Morgan fingerprint density at radius 3 is 1.26 bits per heavy atom. The summed E-state index contributed by atoms with van der Waals surface area (Å²) in [5.74, 6) is 1.62. The van der Waals surface area contributed by atoms with Crippen LogP contribution in [-0.2, 0) is 39.1 Å². The Labute approximate surface area is 265 Å². The zero-order chi connectivity index (χ0) is 28.2. The molecule has 0 bridgehead atoms. The molecule has 0 heterocycles. The number of hydrogen-bond acceptors (Lipinski definition) is 0. The zero-order valence-corrected chi connectivity index (χ0v) is 30.1. The first-order valence-electron chi connectivity index (χ1n) is 15.0. The van der Waals surface area contributed by atoms with E-state index >= 15 is 0 Å². The Balaban J connectivity index is 0.00000420. The molecule has 3 aromatic carbocycles. The van der Waals surface area contributed by atoms with Gasteiger partial charge in [-0.15, -0.1) is 5.56 Å². The first-order valence-corrected chi connectivity index (χ1v) is 15.0. The summed E-state index contributed by atoms with van der Waals surface area (Å²) in [7, 11) is 0. The van der Waals surface area contributed by atoms with Gasteiger partial charge in [0.15, 0.2) is 0 Å². The van der Waals surface area contributed by atoms with Gasteiger partial charge in [-0.25, -0.2) is 0 Å². The van der Waals surface area contributed by atoms with Crippen molar-refractivity contribution in [3.63, 3.8) is 0 Å². The Kier molecular flexibility index (Phi) is 10.2. The molecule has 1 aliphatic carbocycles. The van der Waals surface area contributed by atoms with Crippen LogP contribution in [-0.4, -0.2) is 0 Å². The van der Waals surface area contributed by atoms with Crippen molar-refractivity contribution in [3.05, 3.63) is 89.5 Å². The Morgan fingerprint density at radius 1 is 0.487 bits per heavy atom. The topological polar surface area (TPSA) is 0 Å². The van der Waals surface area contributed by atoms with E-state index in [0.717, 1.165) is 18.3 Å². The fourth-order valence-corrected chi connectivity index (χ4v) is 7.55. The molecule has 0 aliphatic heterocycles. The predicted octanol–water partition coefficient (Wildman–Crippen LogP) is 10.7. The molecule has 3 aromatic rings. The Bertz CT molecular complexity index is 1330. The second kappa shape index (κ2) is 12.3. The molecule has 1 heteroatoms. The van der Waals surface area contributed by atoms with Gasteiger partial charge >= 0.3 is 0 Å². The van der Waals surface area contributed by atoms with E-state index < -0.39 is 0 Å². The number of rotatable bonds is 4. The van der Waals surface area contributed by atoms with Gasteiger partial charge < -0.3 is 0 Å². The van der Waals surface area contributed by atoms with Crippen molar-refractivity contribution >= 4 is 0 Å². The summed E-state index contributed by atoms with van der Waals surface area (Å²) in [5.41, 5.74) is 24.9. The molecule has 207 valence electrons. The zero-order valence-electron chi connectivity index (χ0n) is 27.3. The SMILES string of the molecule is Cc1[c-]c(C)c(C)c(Cc2c(C)c(C)c(-c3c(C)c(C)c(C4CCC(C)CC4)c(C)c3C)c(C)c2C)c1C.[Y]. The first-order chi connectivity index (χ1) is 17.8. The van der Waals surface area contributed by atoms with Gasteiger partial charge in [-0.3, -0.25) is 0 Å². The molecule has 0 saturated heterocycles. The molecular weight excluding hydrogens is 545 g/mol. The predicted molar refractivity (Wildman–Crippen MR) is 167 cm³/mol. The molecule has 0 unspecified atom stereocenters. The van der Waals surface area contributed by atoms with E-state index in [9.17, 15) is 0 Å². The van der Waals surface area contributed by atoms with Crippen LogP contribution >= 0.6 is 0 Å². The van der Waals surface area contributed by atoms with E-state index in [0.29, 0.717) is 0 Å². The second-order valence-electron chi connectivity index (χ2n) is 12.9. The van der Waals surface area contributed by atoms with Gasteiger partial charge in [0, 0.05) is 32.7 Å². The van der Waals surface area contributed by atoms with Crippen LogP contribution in [0.4, 0.5) is 0 Å². The molecule has 4 rings (SSSR count). The van der Waals surface area contributed by atoms with E-state index in [4.69, 9.17) is 0 Å². The molecule has 1 aliphatic rings. The smallest absolute Gasteiger partial charge is 0 e. The minimum Gasteiger partial charge on any atom is -0.177 e.